The number of ether oxygens (including phenoxy) is 1. The van der Waals surface area contributed by atoms with E-state index in [-0.39, 0.29) is 29.5 Å². The Bertz CT molecular complexity index is 1300. The number of carbonyl (C=O) groups excluding carboxylic acids is 2. The van der Waals surface area contributed by atoms with E-state index in [2.05, 4.69) is 10.3 Å². The third-order valence-corrected chi connectivity index (χ3v) is 6.23. The fraction of sp³-hybridized carbons (Fsp3) is 0.333. The highest BCUT2D eigenvalue weighted by Crippen LogP contribution is 2.24. The number of hydrogen-bond acceptors (Lipinski definition) is 8. The van der Waals surface area contributed by atoms with Crippen molar-refractivity contribution in [2.45, 2.75) is 26.8 Å². The number of rotatable bonds is 10. The lowest BCUT2D eigenvalue weighted by molar-refractivity contribution is -0.115. The van der Waals surface area contributed by atoms with Gasteiger partial charge < -0.3 is 20.7 Å². The van der Waals surface area contributed by atoms with Crippen LogP contribution in [-0.4, -0.2) is 41.6 Å². The lowest BCUT2D eigenvalue weighted by Crippen LogP contribution is -2.42. The van der Waals surface area contributed by atoms with Gasteiger partial charge in [-0.05, 0) is 29.3 Å². The Hall–Kier alpha value is -3.86. The summed E-state index contributed by atoms with van der Waals surface area (Å²) >= 11 is 1.15. The van der Waals surface area contributed by atoms with E-state index in [0.29, 0.717) is 24.6 Å². The highest BCUT2D eigenvalue weighted by molar-refractivity contribution is 7.12. The van der Waals surface area contributed by atoms with E-state index in [0.717, 1.165) is 16.9 Å². The van der Waals surface area contributed by atoms with Gasteiger partial charge in [0.2, 0.25) is 5.91 Å². The second-order valence-corrected chi connectivity index (χ2v) is 9.29. The fourth-order valence-electron chi connectivity index (χ4n) is 3.51. The van der Waals surface area contributed by atoms with Crippen LogP contribution in [0.5, 0.6) is 0 Å². The van der Waals surface area contributed by atoms with Gasteiger partial charge in [-0.1, -0.05) is 44.2 Å². The van der Waals surface area contributed by atoms with Gasteiger partial charge in [0, 0.05) is 6.54 Å². The van der Waals surface area contributed by atoms with Crippen molar-refractivity contribution in [3.63, 3.8) is 0 Å². The third kappa shape index (κ3) is 6.38. The molecule has 0 fully saturated rings. The summed E-state index contributed by atoms with van der Waals surface area (Å²) in [6.45, 7) is 4.36. The lowest BCUT2D eigenvalue weighted by atomic mass is 10.1. The van der Waals surface area contributed by atoms with Crippen LogP contribution >= 0.6 is 11.3 Å². The minimum absolute atomic E-state index is 0.0232. The van der Waals surface area contributed by atoms with Gasteiger partial charge in [-0.3, -0.25) is 19.1 Å². The lowest BCUT2D eigenvalue weighted by Gasteiger charge is -2.26. The molecule has 0 bridgehead atoms. The number of carbonyl (C=O) groups is 2. The number of nitrogens with two attached hydrogens (primary N) is 1. The summed E-state index contributed by atoms with van der Waals surface area (Å²) in [6, 6.07) is 10.8. The molecule has 1 aromatic carbocycles. The van der Waals surface area contributed by atoms with Crippen molar-refractivity contribution in [3.8, 4) is 0 Å². The molecule has 0 aliphatic carbocycles. The number of esters is 1. The number of benzene rings is 1. The highest BCUT2D eigenvalue weighted by atomic mass is 32.1. The van der Waals surface area contributed by atoms with Gasteiger partial charge in [-0.15, -0.1) is 11.3 Å². The Balaban J connectivity index is 1.93. The van der Waals surface area contributed by atoms with Gasteiger partial charge >= 0.3 is 11.7 Å². The number of hydrogen-bond donors (Lipinski definition) is 3. The molecule has 186 valence electrons. The van der Waals surface area contributed by atoms with E-state index in [1.165, 1.54) is 11.7 Å². The molecule has 2 aromatic heterocycles. The van der Waals surface area contributed by atoms with Crippen molar-refractivity contribution in [1.29, 1.82) is 0 Å². The molecule has 0 atom stereocenters. The van der Waals surface area contributed by atoms with Crippen LogP contribution < -0.4 is 27.2 Å². The molecule has 4 N–H and O–H groups in total. The summed E-state index contributed by atoms with van der Waals surface area (Å²) in [6.07, 6.45) is 0.676. The molecule has 3 rings (SSSR count). The van der Waals surface area contributed by atoms with Crippen LogP contribution in [0.3, 0.4) is 0 Å². The smallest absolute Gasteiger partial charge is 0.350 e. The molecule has 0 aliphatic rings. The van der Waals surface area contributed by atoms with E-state index in [4.69, 9.17) is 10.5 Å². The summed E-state index contributed by atoms with van der Waals surface area (Å²) in [7, 11) is 1.26. The first-order chi connectivity index (χ1) is 16.7. The van der Waals surface area contributed by atoms with Crippen molar-refractivity contribution in [2.24, 2.45) is 5.92 Å². The monoisotopic (exact) mass is 499 g/mol. The van der Waals surface area contributed by atoms with Crippen LogP contribution in [0, 0.1) is 5.92 Å². The van der Waals surface area contributed by atoms with E-state index in [9.17, 15) is 19.2 Å². The largest absolute Gasteiger partial charge is 0.465 e. The quantitative estimate of drug-likeness (QED) is 0.364. The Labute approximate surface area is 206 Å². The number of aromatic amines is 1. The summed E-state index contributed by atoms with van der Waals surface area (Å²) in [5, 5.41) is 4.37. The van der Waals surface area contributed by atoms with Gasteiger partial charge in [-0.25, -0.2) is 9.59 Å². The van der Waals surface area contributed by atoms with Crippen molar-refractivity contribution < 1.29 is 14.3 Å². The summed E-state index contributed by atoms with van der Waals surface area (Å²) in [4.78, 5) is 54.4. The predicted octanol–water partition coefficient (Wildman–Crippen LogP) is 2.51. The molecule has 0 saturated carbocycles. The molecule has 0 aliphatic heterocycles. The zero-order chi connectivity index (χ0) is 25.5. The van der Waals surface area contributed by atoms with Gasteiger partial charge in [-0.2, -0.15) is 0 Å². The van der Waals surface area contributed by atoms with Crippen LogP contribution in [0.4, 0.5) is 17.2 Å². The minimum Gasteiger partial charge on any atom is -0.465 e. The van der Waals surface area contributed by atoms with Crippen molar-refractivity contribution in [1.82, 2.24) is 9.55 Å². The SMILES string of the molecule is COC(=O)c1sccc1NC(=O)CN(CCC(C)C)c1c(N)n(Cc2ccccc2)c(=O)[nH]c1=O. The zero-order valence-corrected chi connectivity index (χ0v) is 20.7. The summed E-state index contributed by atoms with van der Waals surface area (Å²) in [5.41, 5.74) is 6.25. The average molecular weight is 500 g/mol. The number of aromatic nitrogens is 2. The second kappa shape index (κ2) is 11.5. The molecule has 0 unspecified atom stereocenters. The topological polar surface area (TPSA) is 140 Å². The number of nitrogens with one attached hydrogen (secondary N) is 2. The first-order valence-corrected chi connectivity index (χ1v) is 12.0. The molecule has 10 nitrogen and oxygen atoms in total. The number of methoxy groups -OCH3 is 1. The number of nitrogens with zero attached hydrogens (tertiary/aromatic N) is 2. The predicted molar refractivity (Wildman–Crippen MR) is 137 cm³/mol. The first-order valence-electron chi connectivity index (χ1n) is 11.1. The maximum absolute atomic E-state index is 12.9. The van der Waals surface area contributed by atoms with Crippen molar-refractivity contribution in [2.75, 3.05) is 36.1 Å². The van der Waals surface area contributed by atoms with Gasteiger partial charge in [0.15, 0.2) is 0 Å². The minimum atomic E-state index is -0.667. The van der Waals surface area contributed by atoms with Gasteiger partial charge in [0.25, 0.3) is 5.56 Å². The van der Waals surface area contributed by atoms with Crippen molar-refractivity contribution >= 4 is 40.4 Å². The number of H-pyrrole nitrogens is 1. The van der Waals surface area contributed by atoms with Crippen molar-refractivity contribution in [3.05, 3.63) is 73.1 Å². The van der Waals surface area contributed by atoms with E-state index in [1.54, 1.807) is 16.3 Å². The Morgan fingerprint density at radius 2 is 1.91 bits per heavy atom. The highest BCUT2D eigenvalue weighted by Gasteiger charge is 2.23. The molecular weight excluding hydrogens is 470 g/mol. The number of amides is 1. The number of nitrogen functional groups attached to an aromatic ring is 1. The Morgan fingerprint density at radius 3 is 2.57 bits per heavy atom. The second-order valence-electron chi connectivity index (χ2n) is 8.37. The van der Waals surface area contributed by atoms with Gasteiger partial charge in [0.1, 0.15) is 16.4 Å². The summed E-state index contributed by atoms with van der Waals surface area (Å²) in [5.74, 6) is -0.735. The first kappa shape index (κ1) is 25.8. The molecule has 0 spiro atoms. The fourth-order valence-corrected chi connectivity index (χ4v) is 4.28. The molecule has 3 aromatic rings. The average Bonchev–Trinajstić information content (AvgIpc) is 3.28. The molecule has 35 heavy (non-hydrogen) atoms. The maximum atomic E-state index is 12.9. The number of anilines is 3. The summed E-state index contributed by atoms with van der Waals surface area (Å²) < 4.78 is 6.03. The molecular formula is C24H29N5O5S. The van der Waals surface area contributed by atoms with Crippen LogP contribution in [-0.2, 0) is 16.1 Å². The normalized spacial score (nSPS) is 10.9. The van der Waals surface area contributed by atoms with E-state index < -0.39 is 23.1 Å². The third-order valence-electron chi connectivity index (χ3n) is 5.33. The molecule has 0 saturated heterocycles. The van der Waals surface area contributed by atoms with Crippen LogP contribution in [0.2, 0.25) is 0 Å². The maximum Gasteiger partial charge on any atom is 0.350 e. The standard InChI is InChI=1S/C24H29N5O5S/c1-15(2)9-11-28(14-18(30)26-17-10-12-35-20(17)23(32)34-3)19-21(25)29(24(33)27-22(19)31)13-16-7-5-4-6-8-16/h4-8,10,12,15H,9,11,13-14,25H2,1-3H3,(H,26,30)(H,27,31,33). The Kier molecular flexibility index (Phi) is 8.48. The van der Waals surface area contributed by atoms with Crippen LogP contribution in [0.25, 0.3) is 0 Å². The van der Waals surface area contributed by atoms with Crippen LogP contribution in [0.15, 0.2) is 51.4 Å². The van der Waals surface area contributed by atoms with E-state index in [1.807, 2.05) is 44.2 Å². The van der Waals surface area contributed by atoms with E-state index >= 15 is 0 Å². The molecule has 11 heteroatoms. The van der Waals surface area contributed by atoms with Crippen LogP contribution in [0.1, 0.15) is 35.5 Å². The Morgan fingerprint density at radius 1 is 1.20 bits per heavy atom. The molecule has 0 radical (unpaired) electrons. The number of thiophene rings is 1. The molecule has 1 amide bonds. The van der Waals surface area contributed by atoms with Gasteiger partial charge in [0.05, 0.1) is 25.9 Å². The molecule has 2 heterocycles. The zero-order valence-electron chi connectivity index (χ0n) is 19.9.